The van der Waals surface area contributed by atoms with Crippen LogP contribution in [-0.2, 0) is 13.1 Å². The summed E-state index contributed by atoms with van der Waals surface area (Å²) >= 11 is 0. The SMILES string of the molecule is CCC(CC)Cn1ccnc1CN. The van der Waals surface area contributed by atoms with E-state index in [-0.39, 0.29) is 0 Å². The summed E-state index contributed by atoms with van der Waals surface area (Å²) in [7, 11) is 0. The van der Waals surface area contributed by atoms with Crippen LogP contribution in [0.3, 0.4) is 0 Å². The first kappa shape index (κ1) is 10.3. The number of hydrogen-bond donors (Lipinski definition) is 1. The molecular formula is C10H19N3. The quantitative estimate of drug-likeness (QED) is 0.752. The van der Waals surface area contributed by atoms with E-state index in [1.807, 2.05) is 12.4 Å². The van der Waals surface area contributed by atoms with Crippen molar-refractivity contribution in [3.05, 3.63) is 18.2 Å². The Morgan fingerprint density at radius 2 is 2.15 bits per heavy atom. The van der Waals surface area contributed by atoms with E-state index >= 15 is 0 Å². The van der Waals surface area contributed by atoms with Gasteiger partial charge in [0.2, 0.25) is 0 Å². The molecule has 1 rings (SSSR count). The summed E-state index contributed by atoms with van der Waals surface area (Å²) in [6.07, 6.45) is 6.28. The van der Waals surface area contributed by atoms with Crippen LogP contribution >= 0.6 is 0 Å². The topological polar surface area (TPSA) is 43.8 Å². The molecule has 1 aromatic rings. The van der Waals surface area contributed by atoms with Gasteiger partial charge in [0.25, 0.3) is 0 Å². The Labute approximate surface area is 80.0 Å². The van der Waals surface area contributed by atoms with E-state index < -0.39 is 0 Å². The van der Waals surface area contributed by atoms with E-state index in [4.69, 9.17) is 5.73 Å². The van der Waals surface area contributed by atoms with Gasteiger partial charge in [-0.1, -0.05) is 26.7 Å². The van der Waals surface area contributed by atoms with Crippen LogP contribution in [0, 0.1) is 5.92 Å². The van der Waals surface area contributed by atoms with Crippen LogP contribution in [0.1, 0.15) is 32.5 Å². The zero-order chi connectivity index (χ0) is 9.68. The van der Waals surface area contributed by atoms with Gasteiger partial charge >= 0.3 is 0 Å². The summed E-state index contributed by atoms with van der Waals surface area (Å²) in [4.78, 5) is 4.19. The van der Waals surface area contributed by atoms with Crippen LogP contribution in [0.15, 0.2) is 12.4 Å². The first-order valence-electron chi connectivity index (χ1n) is 5.01. The standard InChI is InChI=1S/C10H19N3/c1-3-9(4-2)8-13-6-5-12-10(13)7-11/h5-6,9H,3-4,7-8,11H2,1-2H3. The number of rotatable bonds is 5. The molecule has 0 atom stereocenters. The molecule has 0 fully saturated rings. The van der Waals surface area contributed by atoms with Crippen molar-refractivity contribution in [2.45, 2.75) is 39.8 Å². The Kier molecular flexibility index (Phi) is 3.96. The van der Waals surface area contributed by atoms with Gasteiger partial charge in [-0.15, -0.1) is 0 Å². The predicted octanol–water partition coefficient (Wildman–Crippen LogP) is 1.78. The van der Waals surface area contributed by atoms with Gasteiger partial charge in [0.1, 0.15) is 5.82 Å². The van der Waals surface area contributed by atoms with Crippen molar-refractivity contribution in [2.75, 3.05) is 0 Å². The van der Waals surface area contributed by atoms with Crippen molar-refractivity contribution in [3.63, 3.8) is 0 Å². The molecule has 0 spiro atoms. The monoisotopic (exact) mass is 181 g/mol. The van der Waals surface area contributed by atoms with Crippen molar-refractivity contribution < 1.29 is 0 Å². The summed E-state index contributed by atoms with van der Waals surface area (Å²) < 4.78 is 2.16. The van der Waals surface area contributed by atoms with E-state index in [2.05, 4.69) is 23.4 Å². The third-order valence-corrected chi connectivity index (χ3v) is 2.59. The Hall–Kier alpha value is -0.830. The number of nitrogens with zero attached hydrogens (tertiary/aromatic N) is 2. The van der Waals surface area contributed by atoms with Crippen LogP contribution in [0.5, 0.6) is 0 Å². The molecule has 0 saturated heterocycles. The summed E-state index contributed by atoms with van der Waals surface area (Å²) in [5, 5.41) is 0. The average molecular weight is 181 g/mol. The van der Waals surface area contributed by atoms with Gasteiger partial charge in [-0.2, -0.15) is 0 Å². The van der Waals surface area contributed by atoms with Gasteiger partial charge in [-0.05, 0) is 5.92 Å². The van der Waals surface area contributed by atoms with Crippen molar-refractivity contribution in [3.8, 4) is 0 Å². The highest BCUT2D eigenvalue weighted by molar-refractivity contribution is 4.91. The lowest BCUT2D eigenvalue weighted by Crippen LogP contribution is -2.13. The van der Waals surface area contributed by atoms with Gasteiger partial charge in [0, 0.05) is 18.9 Å². The molecule has 0 aliphatic carbocycles. The molecule has 13 heavy (non-hydrogen) atoms. The fourth-order valence-corrected chi connectivity index (χ4v) is 1.52. The number of hydrogen-bond acceptors (Lipinski definition) is 2. The predicted molar refractivity (Wildman–Crippen MR) is 54.2 cm³/mol. The lowest BCUT2D eigenvalue weighted by molar-refractivity contribution is 0.411. The maximum atomic E-state index is 5.57. The average Bonchev–Trinajstić information content (AvgIpc) is 2.61. The largest absolute Gasteiger partial charge is 0.334 e. The van der Waals surface area contributed by atoms with Gasteiger partial charge in [-0.25, -0.2) is 4.98 Å². The minimum Gasteiger partial charge on any atom is -0.334 e. The molecule has 0 bridgehead atoms. The Morgan fingerprint density at radius 3 is 2.69 bits per heavy atom. The van der Waals surface area contributed by atoms with E-state index in [1.165, 1.54) is 12.8 Å². The minimum atomic E-state index is 0.535. The van der Waals surface area contributed by atoms with Crippen LogP contribution in [0.4, 0.5) is 0 Å². The molecule has 3 heteroatoms. The molecular weight excluding hydrogens is 162 g/mol. The molecule has 0 radical (unpaired) electrons. The summed E-state index contributed by atoms with van der Waals surface area (Å²) in [5.41, 5.74) is 5.57. The van der Waals surface area contributed by atoms with Crippen molar-refractivity contribution in [2.24, 2.45) is 11.7 Å². The third kappa shape index (κ3) is 2.56. The molecule has 0 unspecified atom stereocenters. The molecule has 3 nitrogen and oxygen atoms in total. The second-order valence-corrected chi connectivity index (χ2v) is 3.38. The summed E-state index contributed by atoms with van der Waals surface area (Å²) in [5.74, 6) is 1.74. The highest BCUT2D eigenvalue weighted by Gasteiger charge is 2.06. The second-order valence-electron chi connectivity index (χ2n) is 3.38. The Bertz CT molecular complexity index is 238. The highest BCUT2D eigenvalue weighted by Crippen LogP contribution is 2.11. The zero-order valence-electron chi connectivity index (χ0n) is 8.53. The number of imidazole rings is 1. The van der Waals surface area contributed by atoms with Gasteiger partial charge < -0.3 is 10.3 Å². The van der Waals surface area contributed by atoms with Crippen LogP contribution in [0.25, 0.3) is 0 Å². The zero-order valence-corrected chi connectivity index (χ0v) is 8.53. The van der Waals surface area contributed by atoms with Crippen molar-refractivity contribution >= 4 is 0 Å². The molecule has 0 aliphatic heterocycles. The van der Waals surface area contributed by atoms with Crippen LogP contribution in [-0.4, -0.2) is 9.55 Å². The van der Waals surface area contributed by atoms with Gasteiger partial charge in [0.05, 0.1) is 6.54 Å². The lowest BCUT2D eigenvalue weighted by atomic mass is 10.0. The van der Waals surface area contributed by atoms with Gasteiger partial charge in [0.15, 0.2) is 0 Å². The molecule has 1 heterocycles. The maximum Gasteiger partial charge on any atom is 0.122 e. The molecule has 2 N–H and O–H groups in total. The summed E-state index contributed by atoms with van der Waals surface area (Å²) in [6.45, 7) is 6.05. The fourth-order valence-electron chi connectivity index (χ4n) is 1.52. The fraction of sp³-hybridized carbons (Fsp3) is 0.700. The molecule has 0 aromatic carbocycles. The molecule has 0 aliphatic rings. The Balaban J connectivity index is 2.61. The van der Waals surface area contributed by atoms with Crippen molar-refractivity contribution in [1.82, 2.24) is 9.55 Å². The van der Waals surface area contributed by atoms with E-state index in [0.717, 1.165) is 18.3 Å². The van der Waals surface area contributed by atoms with Crippen molar-refractivity contribution in [1.29, 1.82) is 0 Å². The minimum absolute atomic E-state index is 0.535. The maximum absolute atomic E-state index is 5.57. The molecule has 0 saturated carbocycles. The number of aromatic nitrogens is 2. The normalized spacial score (nSPS) is 11.1. The van der Waals surface area contributed by atoms with E-state index in [0.29, 0.717) is 6.54 Å². The lowest BCUT2D eigenvalue weighted by Gasteiger charge is -2.14. The first-order chi connectivity index (χ1) is 6.31. The van der Waals surface area contributed by atoms with E-state index in [9.17, 15) is 0 Å². The number of nitrogens with two attached hydrogens (primary N) is 1. The molecule has 1 aromatic heterocycles. The van der Waals surface area contributed by atoms with Gasteiger partial charge in [-0.3, -0.25) is 0 Å². The smallest absolute Gasteiger partial charge is 0.122 e. The third-order valence-electron chi connectivity index (χ3n) is 2.59. The summed E-state index contributed by atoms with van der Waals surface area (Å²) in [6, 6.07) is 0. The van der Waals surface area contributed by atoms with Crippen LogP contribution < -0.4 is 5.73 Å². The second kappa shape index (κ2) is 5.02. The van der Waals surface area contributed by atoms with Crippen LogP contribution in [0.2, 0.25) is 0 Å². The highest BCUT2D eigenvalue weighted by atomic mass is 15.1. The molecule has 74 valence electrons. The molecule has 0 amide bonds. The Morgan fingerprint density at radius 1 is 1.46 bits per heavy atom. The van der Waals surface area contributed by atoms with E-state index in [1.54, 1.807) is 0 Å². The first-order valence-corrected chi connectivity index (χ1v) is 5.01.